The highest BCUT2D eigenvalue weighted by atomic mass is 19.1. The molecule has 2 aromatic rings. The average Bonchev–Trinajstić information content (AvgIpc) is 2.69. The van der Waals surface area contributed by atoms with Crippen molar-refractivity contribution in [2.75, 3.05) is 0 Å². The molecule has 106 valence electrons. The van der Waals surface area contributed by atoms with Crippen LogP contribution in [0.1, 0.15) is 26.5 Å². The van der Waals surface area contributed by atoms with Crippen LogP contribution in [0.5, 0.6) is 0 Å². The Morgan fingerprint density at radius 3 is 2.60 bits per heavy atom. The molecule has 0 radical (unpaired) electrons. The van der Waals surface area contributed by atoms with Crippen molar-refractivity contribution in [1.82, 2.24) is 9.78 Å². The van der Waals surface area contributed by atoms with Crippen molar-refractivity contribution in [1.29, 1.82) is 0 Å². The monoisotopic (exact) mass is 276 g/mol. The molecular weight excluding hydrogens is 259 g/mol. The second kappa shape index (κ2) is 5.07. The molecule has 1 heterocycles. The summed E-state index contributed by atoms with van der Waals surface area (Å²) in [5.74, 6) is -0.341. The largest absolute Gasteiger partial charge is 0.442 e. The van der Waals surface area contributed by atoms with Crippen molar-refractivity contribution in [3.63, 3.8) is 0 Å². The summed E-state index contributed by atoms with van der Waals surface area (Å²) in [5.41, 5.74) is 1.20. The van der Waals surface area contributed by atoms with Crippen LogP contribution in [-0.4, -0.2) is 21.5 Å². The van der Waals surface area contributed by atoms with E-state index in [1.807, 2.05) is 0 Å². The summed E-state index contributed by atoms with van der Waals surface area (Å²) in [6.07, 6.45) is -0.544. The molecule has 2 rings (SSSR count). The van der Waals surface area contributed by atoms with Crippen molar-refractivity contribution in [3.05, 3.63) is 41.8 Å². The summed E-state index contributed by atoms with van der Waals surface area (Å²) in [4.78, 5) is 12.0. The van der Waals surface area contributed by atoms with Crippen LogP contribution in [0.3, 0.4) is 0 Å². The van der Waals surface area contributed by atoms with E-state index in [0.29, 0.717) is 17.0 Å². The van der Waals surface area contributed by atoms with Gasteiger partial charge in [-0.25, -0.2) is 9.18 Å². The number of hydrogen-bond acceptors (Lipinski definition) is 3. The summed E-state index contributed by atoms with van der Waals surface area (Å²) in [5, 5.41) is 4.18. The lowest BCUT2D eigenvalue weighted by Crippen LogP contribution is -2.28. The maximum absolute atomic E-state index is 13.2. The number of ether oxygens (including phenoxy) is 1. The van der Waals surface area contributed by atoms with Gasteiger partial charge in [0.2, 0.25) is 0 Å². The number of benzene rings is 1. The zero-order valence-corrected chi connectivity index (χ0v) is 12.0. The van der Waals surface area contributed by atoms with Crippen molar-refractivity contribution in [2.24, 2.45) is 0 Å². The van der Waals surface area contributed by atoms with Crippen LogP contribution in [0.25, 0.3) is 11.3 Å². The first-order valence-corrected chi connectivity index (χ1v) is 6.32. The van der Waals surface area contributed by atoms with Gasteiger partial charge in [-0.05, 0) is 45.9 Å². The maximum atomic E-state index is 13.2. The van der Waals surface area contributed by atoms with Gasteiger partial charge >= 0.3 is 6.09 Å². The predicted octanol–water partition coefficient (Wildman–Crippen LogP) is 3.78. The van der Waals surface area contributed by atoms with Crippen molar-refractivity contribution >= 4 is 6.09 Å². The fourth-order valence-corrected chi connectivity index (χ4v) is 1.75. The minimum atomic E-state index is -0.589. The second-order valence-electron chi connectivity index (χ2n) is 5.57. The molecule has 1 aromatic carbocycles. The molecule has 0 saturated carbocycles. The van der Waals surface area contributed by atoms with Crippen molar-refractivity contribution in [3.8, 4) is 11.3 Å². The Bertz CT molecular complexity index is 642. The van der Waals surface area contributed by atoms with Crippen LogP contribution < -0.4 is 0 Å². The molecule has 5 heteroatoms. The average molecular weight is 276 g/mol. The molecule has 1 aromatic heterocycles. The summed E-state index contributed by atoms with van der Waals surface area (Å²) in [7, 11) is 0. The SMILES string of the molecule is Cc1cc(-c2cccc(F)c2)nn1C(=O)OC(C)(C)C. The fraction of sp³-hybridized carbons (Fsp3) is 0.333. The topological polar surface area (TPSA) is 44.1 Å². The van der Waals surface area contributed by atoms with Gasteiger partial charge in [-0.1, -0.05) is 12.1 Å². The van der Waals surface area contributed by atoms with Crippen LogP contribution in [0, 0.1) is 12.7 Å². The highest BCUT2D eigenvalue weighted by molar-refractivity contribution is 5.72. The zero-order chi connectivity index (χ0) is 14.9. The van der Waals surface area contributed by atoms with E-state index >= 15 is 0 Å². The molecular formula is C15H17FN2O2. The molecule has 0 aliphatic rings. The molecule has 0 amide bonds. The van der Waals surface area contributed by atoms with E-state index in [1.54, 1.807) is 45.9 Å². The summed E-state index contributed by atoms with van der Waals surface area (Å²) in [6.45, 7) is 7.12. The maximum Gasteiger partial charge on any atom is 0.435 e. The van der Waals surface area contributed by atoms with Crippen LogP contribution >= 0.6 is 0 Å². The molecule has 20 heavy (non-hydrogen) atoms. The number of aromatic nitrogens is 2. The van der Waals surface area contributed by atoms with Gasteiger partial charge in [-0.3, -0.25) is 0 Å². The van der Waals surface area contributed by atoms with Gasteiger partial charge in [-0.2, -0.15) is 9.78 Å². The predicted molar refractivity (Wildman–Crippen MR) is 74.0 cm³/mol. The Morgan fingerprint density at radius 1 is 1.30 bits per heavy atom. The summed E-state index contributed by atoms with van der Waals surface area (Å²) >= 11 is 0. The molecule has 0 N–H and O–H groups in total. The molecule has 0 aliphatic carbocycles. The van der Waals surface area contributed by atoms with Crippen molar-refractivity contribution in [2.45, 2.75) is 33.3 Å². The molecule has 0 fully saturated rings. The number of nitrogens with zero attached hydrogens (tertiary/aromatic N) is 2. The number of carbonyl (C=O) groups excluding carboxylic acids is 1. The fourth-order valence-electron chi connectivity index (χ4n) is 1.75. The first-order valence-electron chi connectivity index (χ1n) is 6.32. The smallest absolute Gasteiger partial charge is 0.435 e. The van der Waals surface area contributed by atoms with E-state index in [1.165, 1.54) is 16.8 Å². The number of aryl methyl sites for hydroxylation is 1. The minimum Gasteiger partial charge on any atom is -0.442 e. The lowest BCUT2D eigenvalue weighted by molar-refractivity contribution is 0.0511. The Kier molecular flexibility index (Phi) is 3.61. The molecule has 0 aliphatic heterocycles. The van der Waals surface area contributed by atoms with Crippen molar-refractivity contribution < 1.29 is 13.9 Å². The molecule has 0 atom stereocenters. The minimum absolute atomic E-state index is 0.341. The van der Waals surface area contributed by atoms with Gasteiger partial charge in [0.05, 0.1) is 5.69 Å². The number of rotatable bonds is 1. The van der Waals surface area contributed by atoms with Gasteiger partial charge in [0.15, 0.2) is 0 Å². The van der Waals surface area contributed by atoms with Gasteiger partial charge in [0.25, 0.3) is 0 Å². The number of carbonyl (C=O) groups is 1. The van der Waals surface area contributed by atoms with Crippen LogP contribution in [0.15, 0.2) is 30.3 Å². The molecule has 0 bridgehead atoms. The van der Waals surface area contributed by atoms with Gasteiger partial charge in [-0.15, -0.1) is 0 Å². The first kappa shape index (κ1) is 14.2. The Labute approximate surface area is 117 Å². The van der Waals surface area contributed by atoms with E-state index in [9.17, 15) is 9.18 Å². The number of hydrogen-bond donors (Lipinski definition) is 0. The van der Waals surface area contributed by atoms with Crippen LogP contribution in [0.4, 0.5) is 9.18 Å². The normalized spacial score (nSPS) is 11.4. The Balaban J connectivity index is 2.33. The molecule has 0 spiro atoms. The van der Waals surface area contributed by atoms with E-state index in [2.05, 4.69) is 5.10 Å². The standard InChI is InChI=1S/C15H17FN2O2/c1-10-8-13(11-6-5-7-12(16)9-11)17-18(10)14(19)20-15(2,3)4/h5-9H,1-4H3. The van der Waals surface area contributed by atoms with Gasteiger partial charge in [0.1, 0.15) is 11.4 Å². The summed E-state index contributed by atoms with van der Waals surface area (Å²) < 4.78 is 19.7. The summed E-state index contributed by atoms with van der Waals surface area (Å²) in [6, 6.07) is 7.80. The van der Waals surface area contributed by atoms with E-state index in [-0.39, 0.29) is 5.82 Å². The Hall–Kier alpha value is -2.17. The molecule has 0 saturated heterocycles. The van der Waals surface area contributed by atoms with E-state index < -0.39 is 11.7 Å². The van der Waals surface area contributed by atoms with E-state index in [4.69, 9.17) is 4.74 Å². The first-order chi connectivity index (χ1) is 9.26. The highest BCUT2D eigenvalue weighted by Crippen LogP contribution is 2.20. The third-order valence-electron chi connectivity index (χ3n) is 2.57. The van der Waals surface area contributed by atoms with Gasteiger partial charge < -0.3 is 4.74 Å². The third-order valence-corrected chi connectivity index (χ3v) is 2.57. The highest BCUT2D eigenvalue weighted by Gasteiger charge is 2.20. The number of halogens is 1. The molecule has 4 nitrogen and oxygen atoms in total. The Morgan fingerprint density at radius 2 is 2.00 bits per heavy atom. The lowest BCUT2D eigenvalue weighted by Gasteiger charge is -2.19. The molecule has 0 unspecified atom stereocenters. The lowest BCUT2D eigenvalue weighted by atomic mass is 10.1. The quantitative estimate of drug-likeness (QED) is 0.796. The zero-order valence-electron chi connectivity index (χ0n) is 12.0. The third kappa shape index (κ3) is 3.23. The van der Waals surface area contributed by atoms with Crippen LogP contribution in [-0.2, 0) is 4.74 Å². The van der Waals surface area contributed by atoms with Gasteiger partial charge in [0, 0.05) is 11.3 Å². The van der Waals surface area contributed by atoms with Crippen LogP contribution in [0.2, 0.25) is 0 Å². The van der Waals surface area contributed by atoms with E-state index in [0.717, 1.165) is 0 Å². The second-order valence-corrected chi connectivity index (χ2v) is 5.57.